The summed E-state index contributed by atoms with van der Waals surface area (Å²) in [6.45, 7) is 7.13. The lowest BCUT2D eigenvalue weighted by Crippen LogP contribution is -2.25. The number of aliphatic hydroxyl groups is 2. The second-order valence-corrected chi connectivity index (χ2v) is 6.15. The lowest BCUT2D eigenvalue weighted by atomic mass is 10.00. The van der Waals surface area contributed by atoms with Crippen LogP contribution in [0.4, 0.5) is 0 Å². The van der Waals surface area contributed by atoms with Gasteiger partial charge in [-0.2, -0.15) is 0 Å². The van der Waals surface area contributed by atoms with E-state index in [1.807, 2.05) is 0 Å². The fourth-order valence-electron chi connectivity index (χ4n) is 1.91. The minimum atomic E-state index is -1.32. The van der Waals surface area contributed by atoms with Crippen LogP contribution < -0.4 is 0 Å². The Labute approximate surface area is 136 Å². The Hall–Kier alpha value is -1.92. The number of esters is 2. The van der Waals surface area contributed by atoms with E-state index in [1.165, 1.54) is 6.07 Å². The van der Waals surface area contributed by atoms with Crippen molar-refractivity contribution in [3.8, 4) is 0 Å². The molecular formula is C17H24O6. The van der Waals surface area contributed by atoms with Gasteiger partial charge in [-0.05, 0) is 45.4 Å². The highest BCUT2D eigenvalue weighted by Gasteiger charge is 2.24. The molecule has 2 N–H and O–H groups in total. The number of aliphatic hydroxyl groups excluding tert-OH is 2. The maximum Gasteiger partial charge on any atom is 0.338 e. The van der Waals surface area contributed by atoms with Gasteiger partial charge in [-0.3, -0.25) is 4.79 Å². The van der Waals surface area contributed by atoms with Crippen LogP contribution in [-0.4, -0.2) is 40.5 Å². The monoisotopic (exact) mass is 324 g/mol. The number of carbonyl (C=O) groups excluding carboxylic acids is 2. The minimum Gasteiger partial charge on any atom is -0.466 e. The van der Waals surface area contributed by atoms with E-state index in [-0.39, 0.29) is 18.6 Å². The number of rotatable bonds is 6. The molecule has 0 fully saturated rings. The van der Waals surface area contributed by atoms with Crippen LogP contribution in [0.2, 0.25) is 0 Å². The lowest BCUT2D eigenvalue weighted by Gasteiger charge is -2.21. The Balaban J connectivity index is 2.82. The zero-order valence-electron chi connectivity index (χ0n) is 13.9. The first-order chi connectivity index (χ1) is 10.6. The molecule has 1 rings (SSSR count). The molecule has 0 spiro atoms. The predicted molar refractivity (Wildman–Crippen MR) is 83.8 cm³/mol. The van der Waals surface area contributed by atoms with Crippen LogP contribution in [0.25, 0.3) is 0 Å². The van der Waals surface area contributed by atoms with Crippen molar-refractivity contribution in [3.63, 3.8) is 0 Å². The molecule has 0 aromatic heterocycles. The summed E-state index contributed by atoms with van der Waals surface area (Å²) in [4.78, 5) is 23.4. The van der Waals surface area contributed by atoms with Gasteiger partial charge >= 0.3 is 11.9 Å². The molecule has 0 aliphatic rings. The van der Waals surface area contributed by atoms with Crippen LogP contribution in [0.5, 0.6) is 0 Å². The van der Waals surface area contributed by atoms with E-state index in [9.17, 15) is 19.8 Å². The number of ether oxygens (including phenoxy) is 2. The number of hydrogen-bond acceptors (Lipinski definition) is 6. The molecular weight excluding hydrogens is 300 g/mol. The first-order valence-corrected chi connectivity index (χ1v) is 7.49. The van der Waals surface area contributed by atoms with Crippen LogP contribution in [0.1, 0.15) is 56.1 Å². The largest absolute Gasteiger partial charge is 0.466 e. The number of carbonyl (C=O) groups is 2. The fourth-order valence-corrected chi connectivity index (χ4v) is 1.91. The summed E-state index contributed by atoms with van der Waals surface area (Å²) < 4.78 is 9.99. The van der Waals surface area contributed by atoms with Crippen LogP contribution >= 0.6 is 0 Å². The smallest absolute Gasteiger partial charge is 0.338 e. The summed E-state index contributed by atoms with van der Waals surface area (Å²) in [5, 5.41) is 20.1. The van der Waals surface area contributed by atoms with E-state index in [1.54, 1.807) is 45.9 Å². The third kappa shape index (κ3) is 6.38. The normalized spacial score (nSPS) is 14.0. The molecule has 0 bridgehead atoms. The number of hydrogen-bond donors (Lipinski definition) is 2. The van der Waals surface area contributed by atoms with Crippen LogP contribution in [0.15, 0.2) is 24.3 Å². The molecule has 0 radical (unpaired) electrons. The van der Waals surface area contributed by atoms with Gasteiger partial charge in [-0.25, -0.2) is 4.79 Å². The molecule has 0 amide bonds. The summed E-state index contributed by atoms with van der Waals surface area (Å²) in [6, 6.07) is 6.14. The topological polar surface area (TPSA) is 93.1 Å². The van der Waals surface area contributed by atoms with E-state index < -0.39 is 29.7 Å². The Morgan fingerprint density at radius 3 is 2.43 bits per heavy atom. The van der Waals surface area contributed by atoms with Crippen molar-refractivity contribution in [2.45, 2.75) is 51.9 Å². The van der Waals surface area contributed by atoms with Gasteiger partial charge in [-0.15, -0.1) is 0 Å². The molecule has 2 atom stereocenters. The molecule has 0 saturated carbocycles. The average Bonchev–Trinajstić information content (AvgIpc) is 2.45. The quantitative estimate of drug-likeness (QED) is 0.777. The van der Waals surface area contributed by atoms with E-state index in [4.69, 9.17) is 9.47 Å². The highest BCUT2D eigenvalue weighted by Crippen LogP contribution is 2.21. The highest BCUT2D eigenvalue weighted by molar-refractivity contribution is 5.89. The third-order valence-electron chi connectivity index (χ3n) is 2.91. The number of benzene rings is 1. The molecule has 0 heterocycles. The van der Waals surface area contributed by atoms with E-state index in [2.05, 4.69) is 0 Å². The minimum absolute atomic E-state index is 0.204. The first kappa shape index (κ1) is 19.1. The molecule has 2 unspecified atom stereocenters. The van der Waals surface area contributed by atoms with Crippen LogP contribution in [0, 0.1) is 0 Å². The molecule has 6 nitrogen and oxygen atoms in total. The Morgan fingerprint density at radius 1 is 1.22 bits per heavy atom. The van der Waals surface area contributed by atoms with Crippen molar-refractivity contribution < 1.29 is 29.3 Å². The van der Waals surface area contributed by atoms with E-state index in [0.29, 0.717) is 5.56 Å². The Kier molecular flexibility index (Phi) is 6.72. The van der Waals surface area contributed by atoms with Crippen molar-refractivity contribution >= 4 is 11.9 Å². The molecule has 0 aliphatic heterocycles. The first-order valence-electron chi connectivity index (χ1n) is 7.49. The van der Waals surface area contributed by atoms with Gasteiger partial charge in [0.1, 0.15) is 11.7 Å². The third-order valence-corrected chi connectivity index (χ3v) is 2.91. The second kappa shape index (κ2) is 8.08. The lowest BCUT2D eigenvalue weighted by molar-refractivity contribution is -0.147. The van der Waals surface area contributed by atoms with E-state index in [0.717, 1.165) is 0 Å². The fraction of sp³-hybridized carbons (Fsp3) is 0.529. The molecule has 1 aromatic rings. The molecule has 6 heteroatoms. The standard InChI is InChI=1S/C17H24O6/c1-5-22-14(19)10-13(18)15(20)11-7-6-8-12(9-11)16(21)23-17(2,3)4/h6-9,13,15,18,20H,5,10H2,1-4H3. The molecule has 128 valence electrons. The van der Waals surface area contributed by atoms with Gasteiger partial charge in [0.2, 0.25) is 0 Å². The van der Waals surface area contributed by atoms with Crippen LogP contribution in [-0.2, 0) is 14.3 Å². The van der Waals surface area contributed by atoms with Crippen LogP contribution in [0.3, 0.4) is 0 Å². The summed E-state index contributed by atoms with van der Waals surface area (Å²) in [5.41, 5.74) is -0.0419. The average molecular weight is 324 g/mol. The van der Waals surface area contributed by atoms with Gasteiger partial charge < -0.3 is 19.7 Å². The Morgan fingerprint density at radius 2 is 1.87 bits per heavy atom. The maximum atomic E-state index is 12.0. The molecule has 0 aliphatic carbocycles. The van der Waals surface area contributed by atoms with Crippen molar-refractivity contribution in [2.24, 2.45) is 0 Å². The summed E-state index contributed by atoms with van der Waals surface area (Å²) >= 11 is 0. The summed E-state index contributed by atoms with van der Waals surface area (Å²) in [5.74, 6) is -1.12. The summed E-state index contributed by atoms with van der Waals surface area (Å²) in [7, 11) is 0. The highest BCUT2D eigenvalue weighted by atomic mass is 16.6. The van der Waals surface area contributed by atoms with Gasteiger partial charge in [0.05, 0.1) is 24.7 Å². The van der Waals surface area contributed by atoms with Crippen molar-refractivity contribution in [1.82, 2.24) is 0 Å². The zero-order chi connectivity index (χ0) is 17.6. The zero-order valence-corrected chi connectivity index (χ0v) is 13.9. The Bertz CT molecular complexity index is 546. The van der Waals surface area contributed by atoms with Gasteiger partial charge in [0.25, 0.3) is 0 Å². The second-order valence-electron chi connectivity index (χ2n) is 6.15. The van der Waals surface area contributed by atoms with E-state index >= 15 is 0 Å². The molecule has 23 heavy (non-hydrogen) atoms. The van der Waals surface area contributed by atoms with Gasteiger partial charge in [0.15, 0.2) is 0 Å². The molecule has 1 aromatic carbocycles. The van der Waals surface area contributed by atoms with Crippen molar-refractivity contribution in [1.29, 1.82) is 0 Å². The summed E-state index contributed by atoms with van der Waals surface area (Å²) in [6.07, 6.45) is -2.95. The predicted octanol–water partition coefficient (Wildman–Crippen LogP) is 1.99. The van der Waals surface area contributed by atoms with Crippen molar-refractivity contribution in [2.75, 3.05) is 6.61 Å². The van der Waals surface area contributed by atoms with Gasteiger partial charge in [-0.1, -0.05) is 12.1 Å². The van der Waals surface area contributed by atoms with Crippen molar-refractivity contribution in [3.05, 3.63) is 35.4 Å². The maximum absolute atomic E-state index is 12.0. The molecule has 0 saturated heterocycles. The van der Waals surface area contributed by atoms with Gasteiger partial charge in [0, 0.05) is 0 Å². The SMILES string of the molecule is CCOC(=O)CC(O)C(O)c1cccc(C(=O)OC(C)(C)C)c1.